The van der Waals surface area contributed by atoms with Crippen molar-refractivity contribution in [2.45, 2.75) is 39.1 Å². The number of fused-ring (bicyclic) bond motifs is 2. The van der Waals surface area contributed by atoms with E-state index in [4.69, 9.17) is 0 Å². The first-order valence-electron chi connectivity index (χ1n) is 10.9. The highest BCUT2D eigenvalue weighted by molar-refractivity contribution is 7.59. The molecule has 0 spiro atoms. The van der Waals surface area contributed by atoms with E-state index in [9.17, 15) is 18.4 Å². The number of nitrogens with one attached hydrogen (secondary N) is 2. The van der Waals surface area contributed by atoms with Gasteiger partial charge in [0.05, 0.1) is 11.7 Å². The summed E-state index contributed by atoms with van der Waals surface area (Å²) in [5.74, 6) is 0.480. The third-order valence-corrected chi connectivity index (χ3v) is 6.12. The van der Waals surface area contributed by atoms with E-state index in [-0.39, 0.29) is 60.4 Å². The molecule has 35 heavy (non-hydrogen) atoms. The molecule has 2 aromatic rings. The fourth-order valence-corrected chi connectivity index (χ4v) is 4.46. The number of hydrogen-bond donors (Lipinski definition) is 2. The van der Waals surface area contributed by atoms with Crippen LogP contribution >= 0.6 is 13.5 Å². The number of halogens is 2. The molecule has 1 fully saturated rings. The summed E-state index contributed by atoms with van der Waals surface area (Å²) in [4.78, 5) is 37.7. The Morgan fingerprint density at radius 2 is 1.91 bits per heavy atom. The van der Waals surface area contributed by atoms with Crippen molar-refractivity contribution < 1.29 is 27.8 Å². The van der Waals surface area contributed by atoms with Crippen molar-refractivity contribution in [2.24, 2.45) is 5.92 Å². The van der Waals surface area contributed by atoms with Crippen LogP contribution in [0.1, 0.15) is 29.9 Å². The molecular weight excluding hydrogens is 482 g/mol. The Kier molecular flexibility index (Phi) is 6.16. The zero-order valence-corrected chi connectivity index (χ0v) is 20.6. The highest BCUT2D eigenvalue weighted by Crippen LogP contribution is 2.41. The van der Waals surface area contributed by atoms with E-state index in [1.807, 2.05) is 25.8 Å². The third-order valence-electron chi connectivity index (χ3n) is 6.12. The molecule has 0 aliphatic carbocycles. The normalized spacial score (nSPS) is 20.1. The molecule has 10 nitrogen and oxygen atoms in total. The third kappa shape index (κ3) is 4.40. The van der Waals surface area contributed by atoms with Gasteiger partial charge in [-0.25, -0.2) is 4.98 Å². The zero-order valence-electron chi connectivity index (χ0n) is 19.6. The second kappa shape index (κ2) is 8.70. The minimum Gasteiger partial charge on any atom is -0.395 e. The van der Waals surface area contributed by atoms with Gasteiger partial charge >= 0.3 is 6.29 Å². The summed E-state index contributed by atoms with van der Waals surface area (Å²) >= 11 is 0. The largest absolute Gasteiger partial charge is 0.586 e. The summed E-state index contributed by atoms with van der Waals surface area (Å²) in [6.07, 6.45) is -3.73. The summed E-state index contributed by atoms with van der Waals surface area (Å²) < 4.78 is 35.2. The maximum absolute atomic E-state index is 13.2. The van der Waals surface area contributed by atoms with E-state index in [0.717, 1.165) is 0 Å². The Balaban J connectivity index is 0.00000289. The van der Waals surface area contributed by atoms with Crippen LogP contribution in [0.25, 0.3) is 0 Å². The number of hydrogen-bond acceptors (Lipinski definition) is 8. The van der Waals surface area contributed by atoms with Crippen LogP contribution in [0.3, 0.4) is 0 Å². The molecule has 0 unspecified atom stereocenters. The van der Waals surface area contributed by atoms with Gasteiger partial charge in [-0.15, -0.1) is 8.78 Å². The van der Waals surface area contributed by atoms with E-state index in [1.54, 1.807) is 11.8 Å². The maximum Gasteiger partial charge on any atom is 0.586 e. The second-order valence-corrected chi connectivity index (χ2v) is 9.00. The van der Waals surface area contributed by atoms with Crippen LogP contribution in [0.15, 0.2) is 18.2 Å². The molecule has 0 radical (unpaired) electrons. The number of likely N-dealkylation sites (tertiary alicyclic amines) is 1. The maximum atomic E-state index is 13.2. The highest BCUT2D eigenvalue weighted by atomic mass is 32.1. The van der Waals surface area contributed by atoms with E-state index >= 15 is 0 Å². The average molecular weight is 509 g/mol. The fraction of sp³-hybridized carbons (Fsp3) is 0.455. The molecule has 1 aromatic heterocycles. The molecule has 2 amide bonds. The SMILES string of the molecule is Cc1nc(NC2CN(C(=O)c3ccc4c(c3)OC(F)(F)O4)C2)nc2c1NC(=O)[C@H](C(C)C)N2C.S. The lowest BCUT2D eigenvalue weighted by Crippen LogP contribution is -2.57. The summed E-state index contributed by atoms with van der Waals surface area (Å²) in [5, 5.41) is 6.14. The van der Waals surface area contributed by atoms with Crippen LogP contribution in [0.4, 0.5) is 26.2 Å². The summed E-state index contributed by atoms with van der Waals surface area (Å²) in [5.41, 5.74) is 1.46. The number of aryl methyl sites for hydroxylation is 1. The van der Waals surface area contributed by atoms with Gasteiger partial charge in [0, 0.05) is 25.7 Å². The van der Waals surface area contributed by atoms with Crippen molar-refractivity contribution in [3.63, 3.8) is 0 Å². The van der Waals surface area contributed by atoms with Gasteiger partial charge in [-0.3, -0.25) is 9.59 Å². The van der Waals surface area contributed by atoms with Gasteiger partial charge in [-0.05, 0) is 31.0 Å². The molecule has 0 saturated carbocycles. The first kappa shape index (κ1) is 24.8. The van der Waals surface area contributed by atoms with Gasteiger partial charge in [0.1, 0.15) is 11.7 Å². The molecular formula is C22H26F2N6O4S. The molecule has 1 atom stereocenters. The summed E-state index contributed by atoms with van der Waals surface area (Å²) in [6, 6.07) is 3.56. The first-order valence-corrected chi connectivity index (χ1v) is 10.9. The fourth-order valence-electron chi connectivity index (χ4n) is 4.46. The molecule has 1 aromatic carbocycles. The molecule has 5 rings (SSSR count). The van der Waals surface area contributed by atoms with Crippen molar-refractivity contribution in [1.29, 1.82) is 0 Å². The standard InChI is InChI=1S/C22H24F2N6O4.H2S/c1-10(2)17-19(31)27-16-11(3)25-21(28-18(16)29(17)4)26-13-8-30(9-13)20(32)12-5-6-14-15(7-12)34-22(23,24)33-14;/h5-7,10,13,17H,8-9H2,1-4H3,(H,27,31)(H,25,26,28);1H2/t17-;/m0./s1. The predicted octanol–water partition coefficient (Wildman–Crippen LogP) is 2.57. The average Bonchev–Trinajstić information content (AvgIpc) is 3.03. The number of aromatic nitrogens is 2. The molecule has 3 aliphatic heterocycles. The van der Waals surface area contributed by atoms with Gasteiger partial charge in [-0.2, -0.15) is 18.5 Å². The summed E-state index contributed by atoms with van der Waals surface area (Å²) in [6.45, 7) is 6.54. The molecule has 0 bridgehead atoms. The predicted molar refractivity (Wildman–Crippen MR) is 129 cm³/mol. The number of carbonyl (C=O) groups excluding carboxylic acids is 2. The van der Waals surface area contributed by atoms with Crippen LogP contribution in [0, 0.1) is 12.8 Å². The number of amides is 2. The Hall–Kier alpha value is -3.35. The quantitative estimate of drug-likeness (QED) is 0.649. The zero-order chi connectivity index (χ0) is 24.4. The van der Waals surface area contributed by atoms with Gasteiger partial charge in [0.15, 0.2) is 17.3 Å². The van der Waals surface area contributed by atoms with Gasteiger partial charge in [0.25, 0.3) is 5.91 Å². The molecule has 188 valence electrons. The Labute approximate surface area is 207 Å². The van der Waals surface area contributed by atoms with E-state index < -0.39 is 6.29 Å². The number of benzene rings is 1. The van der Waals surface area contributed by atoms with Crippen molar-refractivity contribution in [3.05, 3.63) is 29.5 Å². The lowest BCUT2D eigenvalue weighted by molar-refractivity contribution is -0.286. The van der Waals surface area contributed by atoms with Crippen molar-refractivity contribution in [2.75, 3.05) is 35.7 Å². The Morgan fingerprint density at radius 1 is 1.23 bits per heavy atom. The second-order valence-electron chi connectivity index (χ2n) is 9.00. The van der Waals surface area contributed by atoms with Gasteiger partial charge in [-0.1, -0.05) is 13.8 Å². The van der Waals surface area contributed by atoms with Gasteiger partial charge < -0.3 is 29.9 Å². The van der Waals surface area contributed by atoms with Gasteiger partial charge in [0.2, 0.25) is 11.9 Å². The minimum atomic E-state index is -3.73. The van der Waals surface area contributed by atoms with E-state index in [0.29, 0.717) is 36.2 Å². The number of anilines is 3. The van der Waals surface area contributed by atoms with Crippen LogP contribution in [0.2, 0.25) is 0 Å². The smallest absolute Gasteiger partial charge is 0.395 e. The lowest BCUT2D eigenvalue weighted by atomic mass is 9.99. The van der Waals surface area contributed by atoms with E-state index in [2.05, 4.69) is 30.1 Å². The number of nitrogens with zero attached hydrogens (tertiary/aromatic N) is 4. The number of likely N-dealkylation sites (N-methyl/N-ethyl adjacent to an activating group) is 1. The lowest BCUT2D eigenvalue weighted by Gasteiger charge is -2.40. The molecule has 2 N–H and O–H groups in total. The molecule has 4 heterocycles. The van der Waals surface area contributed by atoms with Crippen molar-refractivity contribution in [3.8, 4) is 11.5 Å². The summed E-state index contributed by atoms with van der Waals surface area (Å²) in [7, 11) is 1.84. The van der Waals surface area contributed by atoms with E-state index in [1.165, 1.54) is 18.2 Å². The topological polar surface area (TPSA) is 109 Å². The van der Waals surface area contributed by atoms with Crippen LogP contribution < -0.4 is 25.0 Å². The number of ether oxygens (including phenoxy) is 2. The van der Waals surface area contributed by atoms with Crippen molar-refractivity contribution in [1.82, 2.24) is 14.9 Å². The highest BCUT2D eigenvalue weighted by Gasteiger charge is 2.44. The molecule has 1 saturated heterocycles. The van der Waals surface area contributed by atoms with Crippen LogP contribution in [0.5, 0.6) is 11.5 Å². The monoisotopic (exact) mass is 508 g/mol. The number of alkyl halides is 2. The Morgan fingerprint density at radius 3 is 2.60 bits per heavy atom. The van der Waals surface area contributed by atoms with Crippen LogP contribution in [-0.4, -0.2) is 65.2 Å². The molecule has 3 aliphatic rings. The number of rotatable bonds is 4. The number of carbonyl (C=O) groups is 2. The Bertz CT molecular complexity index is 1190. The van der Waals surface area contributed by atoms with Crippen molar-refractivity contribution >= 4 is 42.8 Å². The first-order chi connectivity index (χ1) is 16.0. The van der Waals surface area contributed by atoms with Crippen LogP contribution in [-0.2, 0) is 4.79 Å². The molecule has 13 heteroatoms. The minimum absolute atomic E-state index is 0.